The summed E-state index contributed by atoms with van der Waals surface area (Å²) >= 11 is 6.24. The van der Waals surface area contributed by atoms with Gasteiger partial charge in [-0.1, -0.05) is 35.9 Å². The van der Waals surface area contributed by atoms with Gasteiger partial charge >= 0.3 is 0 Å². The Bertz CT molecular complexity index is 787. The van der Waals surface area contributed by atoms with Crippen LogP contribution in [0.2, 0.25) is 5.02 Å². The zero-order valence-electron chi connectivity index (χ0n) is 12.0. The van der Waals surface area contributed by atoms with Crippen LogP contribution in [0.5, 0.6) is 0 Å². The first-order chi connectivity index (χ1) is 9.94. The fraction of sp³-hybridized carbons (Fsp3) is 0.235. The van der Waals surface area contributed by atoms with E-state index < -0.39 is 5.60 Å². The summed E-state index contributed by atoms with van der Waals surface area (Å²) in [5.41, 5.74) is 3.18. The number of halogens is 1. The van der Waals surface area contributed by atoms with Gasteiger partial charge in [0.15, 0.2) is 0 Å². The van der Waals surface area contributed by atoms with Gasteiger partial charge in [0.05, 0.1) is 29.5 Å². The van der Waals surface area contributed by atoms with Crippen LogP contribution < -0.4 is 0 Å². The maximum absolute atomic E-state index is 9.95. The molecular weight excluding hydrogens is 284 g/mol. The molecule has 21 heavy (non-hydrogen) atoms. The lowest BCUT2D eigenvalue weighted by Gasteiger charge is -2.18. The highest BCUT2D eigenvalue weighted by molar-refractivity contribution is 6.33. The third-order valence-corrected chi connectivity index (χ3v) is 3.69. The van der Waals surface area contributed by atoms with Crippen LogP contribution in [0.15, 0.2) is 48.8 Å². The Hall–Kier alpha value is -1.84. The van der Waals surface area contributed by atoms with E-state index in [0.717, 1.165) is 27.2 Å². The van der Waals surface area contributed by atoms with Crippen LogP contribution in [0, 0.1) is 0 Å². The predicted octanol–water partition coefficient (Wildman–Crippen LogP) is 4.13. The van der Waals surface area contributed by atoms with E-state index in [1.165, 1.54) is 0 Å². The quantitative estimate of drug-likeness (QED) is 0.790. The third-order valence-electron chi connectivity index (χ3n) is 3.36. The van der Waals surface area contributed by atoms with Gasteiger partial charge in [-0.15, -0.1) is 0 Å². The minimum atomic E-state index is -0.769. The van der Waals surface area contributed by atoms with E-state index in [1.807, 2.05) is 47.0 Å². The van der Waals surface area contributed by atoms with Crippen molar-refractivity contribution in [3.63, 3.8) is 0 Å². The molecule has 1 heterocycles. The Morgan fingerprint density at radius 2 is 1.95 bits per heavy atom. The number of rotatable bonds is 3. The van der Waals surface area contributed by atoms with E-state index in [4.69, 9.17) is 11.6 Å². The van der Waals surface area contributed by atoms with Gasteiger partial charge in [-0.05, 0) is 37.6 Å². The van der Waals surface area contributed by atoms with Crippen LogP contribution >= 0.6 is 11.6 Å². The number of nitrogens with zero attached hydrogens (tertiary/aromatic N) is 2. The van der Waals surface area contributed by atoms with Crippen LogP contribution in [0.1, 0.15) is 13.8 Å². The van der Waals surface area contributed by atoms with Crippen molar-refractivity contribution < 1.29 is 5.11 Å². The van der Waals surface area contributed by atoms with Crippen molar-refractivity contribution in [2.45, 2.75) is 26.0 Å². The SMILES string of the molecule is CC(C)(O)Cn1cnc2cc(-c3ccccc3Cl)ccc21. The molecule has 4 heteroatoms. The van der Waals surface area contributed by atoms with Crippen molar-refractivity contribution in [1.82, 2.24) is 9.55 Å². The van der Waals surface area contributed by atoms with E-state index in [-0.39, 0.29) is 0 Å². The van der Waals surface area contributed by atoms with Gasteiger partial charge in [0.2, 0.25) is 0 Å². The number of fused-ring (bicyclic) bond motifs is 1. The van der Waals surface area contributed by atoms with Crippen molar-refractivity contribution in [3.05, 3.63) is 53.8 Å². The first-order valence-corrected chi connectivity index (χ1v) is 7.24. The van der Waals surface area contributed by atoms with Gasteiger partial charge in [0.25, 0.3) is 0 Å². The molecule has 0 aliphatic heterocycles. The molecule has 108 valence electrons. The Kier molecular flexibility index (Phi) is 3.47. The molecule has 3 rings (SSSR count). The summed E-state index contributed by atoms with van der Waals surface area (Å²) in [4.78, 5) is 4.43. The maximum atomic E-state index is 9.95. The second-order valence-electron chi connectivity index (χ2n) is 5.87. The van der Waals surface area contributed by atoms with Crippen molar-refractivity contribution in [2.75, 3.05) is 0 Å². The molecule has 3 aromatic rings. The Morgan fingerprint density at radius 1 is 1.19 bits per heavy atom. The molecule has 0 aliphatic carbocycles. The van der Waals surface area contributed by atoms with Crippen molar-refractivity contribution >= 4 is 22.6 Å². The average Bonchev–Trinajstić information content (AvgIpc) is 2.80. The first kappa shape index (κ1) is 14.1. The van der Waals surface area contributed by atoms with Crippen LogP contribution in [-0.2, 0) is 6.54 Å². The van der Waals surface area contributed by atoms with Crippen molar-refractivity contribution in [1.29, 1.82) is 0 Å². The van der Waals surface area contributed by atoms with Crippen molar-refractivity contribution in [2.24, 2.45) is 0 Å². The molecule has 0 saturated heterocycles. The van der Waals surface area contributed by atoms with Gasteiger partial charge in [0, 0.05) is 10.6 Å². The molecule has 1 N–H and O–H groups in total. The number of hydrogen-bond donors (Lipinski definition) is 1. The lowest BCUT2D eigenvalue weighted by atomic mass is 10.0. The molecule has 1 aromatic heterocycles. The van der Waals surface area contributed by atoms with Gasteiger partial charge in [-0.2, -0.15) is 0 Å². The lowest BCUT2D eigenvalue weighted by molar-refractivity contribution is 0.0627. The van der Waals surface area contributed by atoms with Crippen LogP contribution in [-0.4, -0.2) is 20.3 Å². The molecule has 0 fully saturated rings. The highest BCUT2D eigenvalue weighted by Crippen LogP contribution is 2.29. The molecule has 0 unspecified atom stereocenters. The Labute approximate surface area is 128 Å². The van der Waals surface area contributed by atoms with E-state index in [9.17, 15) is 5.11 Å². The fourth-order valence-electron chi connectivity index (χ4n) is 2.47. The Balaban J connectivity index is 2.05. The van der Waals surface area contributed by atoms with Crippen molar-refractivity contribution in [3.8, 4) is 11.1 Å². The summed E-state index contributed by atoms with van der Waals surface area (Å²) in [5.74, 6) is 0. The number of aromatic nitrogens is 2. The molecule has 0 atom stereocenters. The highest BCUT2D eigenvalue weighted by Gasteiger charge is 2.15. The summed E-state index contributed by atoms with van der Waals surface area (Å²) in [6.07, 6.45) is 1.76. The molecule has 0 aliphatic rings. The molecular formula is C17H17ClN2O. The van der Waals surface area contributed by atoms with Gasteiger partial charge in [-0.3, -0.25) is 0 Å². The van der Waals surface area contributed by atoms with Gasteiger partial charge < -0.3 is 9.67 Å². The molecule has 0 bridgehead atoms. The van der Waals surface area contributed by atoms with E-state index in [1.54, 1.807) is 20.2 Å². The smallest absolute Gasteiger partial charge is 0.0959 e. The number of hydrogen-bond acceptors (Lipinski definition) is 2. The number of benzene rings is 2. The summed E-state index contributed by atoms with van der Waals surface area (Å²) < 4.78 is 1.96. The zero-order valence-corrected chi connectivity index (χ0v) is 12.8. The predicted molar refractivity (Wildman–Crippen MR) is 86.5 cm³/mol. The minimum absolute atomic E-state index is 0.509. The summed E-state index contributed by atoms with van der Waals surface area (Å²) in [5, 5.41) is 10.7. The lowest BCUT2D eigenvalue weighted by Crippen LogP contribution is -2.25. The Morgan fingerprint density at radius 3 is 2.67 bits per heavy atom. The third kappa shape index (κ3) is 2.94. The molecule has 0 spiro atoms. The summed E-state index contributed by atoms with van der Waals surface area (Å²) in [7, 11) is 0. The van der Waals surface area contributed by atoms with Gasteiger partial charge in [-0.25, -0.2) is 4.98 Å². The zero-order chi connectivity index (χ0) is 15.0. The van der Waals surface area contributed by atoms with Gasteiger partial charge in [0.1, 0.15) is 0 Å². The minimum Gasteiger partial charge on any atom is -0.389 e. The topological polar surface area (TPSA) is 38.0 Å². The number of imidazole rings is 1. The maximum Gasteiger partial charge on any atom is 0.0959 e. The molecule has 0 saturated carbocycles. The van der Waals surface area contributed by atoms with Crippen LogP contribution in [0.4, 0.5) is 0 Å². The summed E-state index contributed by atoms with van der Waals surface area (Å²) in [6.45, 7) is 4.09. The monoisotopic (exact) mass is 300 g/mol. The molecule has 2 aromatic carbocycles. The largest absolute Gasteiger partial charge is 0.389 e. The summed E-state index contributed by atoms with van der Waals surface area (Å²) in [6, 6.07) is 13.8. The highest BCUT2D eigenvalue weighted by atomic mass is 35.5. The first-order valence-electron chi connectivity index (χ1n) is 6.86. The second-order valence-corrected chi connectivity index (χ2v) is 6.28. The molecule has 0 amide bonds. The standard InChI is InChI=1S/C17H17ClN2O/c1-17(2,21)10-20-11-19-15-9-12(7-8-16(15)20)13-5-3-4-6-14(13)18/h3-9,11,21H,10H2,1-2H3. The second kappa shape index (κ2) is 5.17. The average molecular weight is 301 g/mol. The molecule has 0 radical (unpaired) electrons. The van der Waals surface area contributed by atoms with E-state index in [0.29, 0.717) is 6.54 Å². The number of aliphatic hydroxyl groups is 1. The molecule has 3 nitrogen and oxygen atoms in total. The fourth-order valence-corrected chi connectivity index (χ4v) is 2.71. The van der Waals surface area contributed by atoms with Crippen LogP contribution in [0.3, 0.4) is 0 Å². The normalized spacial score (nSPS) is 12.0. The van der Waals surface area contributed by atoms with E-state index >= 15 is 0 Å². The van der Waals surface area contributed by atoms with Crippen LogP contribution in [0.25, 0.3) is 22.2 Å². The van der Waals surface area contributed by atoms with E-state index in [2.05, 4.69) is 4.98 Å².